The van der Waals surface area contributed by atoms with E-state index in [2.05, 4.69) is 17.2 Å². The first-order valence-corrected chi connectivity index (χ1v) is 5.01. The Morgan fingerprint density at radius 3 is 2.77 bits per heavy atom. The largest absolute Gasteiger partial charge is 0.271 e. The van der Waals surface area contributed by atoms with E-state index < -0.39 is 0 Å². The van der Waals surface area contributed by atoms with Crippen LogP contribution >= 0.6 is 24.0 Å². The molecule has 4 heteroatoms. The van der Waals surface area contributed by atoms with Crippen LogP contribution in [-0.2, 0) is 4.79 Å². The summed E-state index contributed by atoms with van der Waals surface area (Å²) in [7, 11) is 0. The van der Waals surface area contributed by atoms with Crippen molar-refractivity contribution in [2.75, 3.05) is 5.75 Å². The van der Waals surface area contributed by atoms with E-state index in [0.717, 1.165) is 4.90 Å². The number of thiocarbonyl (C=S) groups is 1. The average molecular weight is 209 g/mol. The average Bonchev–Trinajstić information content (AvgIpc) is 2.17. The third-order valence-corrected chi connectivity index (χ3v) is 2.36. The van der Waals surface area contributed by atoms with Gasteiger partial charge in [0, 0.05) is 4.90 Å². The van der Waals surface area contributed by atoms with Gasteiger partial charge >= 0.3 is 0 Å². The van der Waals surface area contributed by atoms with Gasteiger partial charge in [0.1, 0.15) is 0 Å². The van der Waals surface area contributed by atoms with Gasteiger partial charge in [-0.05, 0) is 24.4 Å². The maximum atomic E-state index is 10.9. The Bertz CT molecular complexity index is 331. The molecule has 0 saturated carbocycles. The number of carbonyl (C=O) groups excluding carboxylic acids is 1. The lowest BCUT2D eigenvalue weighted by atomic mass is 10.4. The third kappa shape index (κ3) is 3.99. The molecule has 0 N–H and O–H groups in total. The fourth-order valence-electron chi connectivity index (χ4n) is 0.745. The quantitative estimate of drug-likeness (QED) is 0.435. The molecule has 1 rings (SSSR count). The first-order valence-electron chi connectivity index (χ1n) is 3.61. The van der Waals surface area contributed by atoms with Gasteiger partial charge in [-0.2, -0.15) is 4.99 Å². The molecule has 0 aliphatic heterocycles. The van der Waals surface area contributed by atoms with Crippen molar-refractivity contribution < 1.29 is 4.79 Å². The summed E-state index contributed by atoms with van der Waals surface area (Å²) in [5, 5.41) is 2.05. The Morgan fingerprint density at radius 2 is 2.15 bits per heavy atom. The molecule has 0 aliphatic rings. The van der Waals surface area contributed by atoms with Crippen LogP contribution < -0.4 is 0 Å². The minimum absolute atomic E-state index is 0.246. The van der Waals surface area contributed by atoms with Crippen LogP contribution in [0.1, 0.15) is 0 Å². The molecule has 13 heavy (non-hydrogen) atoms. The zero-order valence-electron chi connectivity index (χ0n) is 6.77. The number of amides is 1. The van der Waals surface area contributed by atoms with Crippen LogP contribution in [0.5, 0.6) is 0 Å². The number of hydrogen-bond acceptors (Lipinski definition) is 3. The number of nitrogens with zero attached hydrogens (tertiary/aromatic N) is 1. The molecule has 66 valence electrons. The molecule has 0 aliphatic carbocycles. The molecule has 0 heterocycles. The highest BCUT2D eigenvalue weighted by Gasteiger charge is 1.98. The number of isothiocyanates is 1. The lowest BCUT2D eigenvalue weighted by Crippen LogP contribution is -1.95. The molecule has 0 fully saturated rings. The minimum atomic E-state index is -0.246. The van der Waals surface area contributed by atoms with Gasteiger partial charge in [-0.15, -0.1) is 11.8 Å². The van der Waals surface area contributed by atoms with E-state index in [9.17, 15) is 4.79 Å². The van der Waals surface area contributed by atoms with E-state index in [1.54, 1.807) is 0 Å². The van der Waals surface area contributed by atoms with Crippen LogP contribution in [0.25, 0.3) is 0 Å². The van der Waals surface area contributed by atoms with Crippen molar-refractivity contribution in [3.63, 3.8) is 0 Å². The van der Waals surface area contributed by atoms with Gasteiger partial charge in [-0.1, -0.05) is 18.2 Å². The Morgan fingerprint density at radius 1 is 1.46 bits per heavy atom. The normalized spacial score (nSPS) is 8.92. The summed E-state index contributed by atoms with van der Waals surface area (Å²) in [5.74, 6) is 0.0667. The monoisotopic (exact) mass is 209 g/mol. The number of aliphatic imine (C=N–C) groups is 1. The second-order valence-electron chi connectivity index (χ2n) is 2.20. The first-order chi connectivity index (χ1) is 6.33. The van der Waals surface area contributed by atoms with E-state index in [-0.39, 0.29) is 5.91 Å². The zero-order valence-corrected chi connectivity index (χ0v) is 8.40. The molecule has 0 atom stereocenters. The molecule has 0 aromatic heterocycles. The summed E-state index contributed by atoms with van der Waals surface area (Å²) in [6, 6.07) is 9.67. The third-order valence-electron chi connectivity index (χ3n) is 1.28. The van der Waals surface area contributed by atoms with E-state index in [1.807, 2.05) is 35.5 Å². The number of thioether (sulfide) groups is 1. The lowest BCUT2D eigenvalue weighted by Gasteiger charge is -1.95. The van der Waals surface area contributed by atoms with Crippen molar-refractivity contribution in [3.05, 3.63) is 30.3 Å². The molecule has 0 saturated heterocycles. The van der Waals surface area contributed by atoms with E-state index >= 15 is 0 Å². The summed E-state index contributed by atoms with van der Waals surface area (Å²) >= 11 is 5.75. The second kappa shape index (κ2) is 5.65. The van der Waals surface area contributed by atoms with Crippen molar-refractivity contribution in [2.45, 2.75) is 4.90 Å². The summed E-state index contributed by atoms with van der Waals surface area (Å²) in [4.78, 5) is 15.3. The van der Waals surface area contributed by atoms with E-state index in [4.69, 9.17) is 0 Å². The van der Waals surface area contributed by atoms with Crippen molar-refractivity contribution in [2.24, 2.45) is 4.99 Å². The second-order valence-corrected chi connectivity index (χ2v) is 3.43. The molecule has 0 unspecified atom stereocenters. The molecule has 1 aromatic rings. The van der Waals surface area contributed by atoms with Gasteiger partial charge in [0.15, 0.2) is 0 Å². The fraction of sp³-hybridized carbons (Fsp3) is 0.111. The number of benzene rings is 1. The standard InChI is InChI=1S/C9H7NOS2/c11-9(10-7-12)6-13-8-4-2-1-3-5-8/h1-5H,6H2. The van der Waals surface area contributed by atoms with Gasteiger partial charge in [-0.25, -0.2) is 0 Å². The highest BCUT2D eigenvalue weighted by Crippen LogP contribution is 2.16. The van der Waals surface area contributed by atoms with Crippen molar-refractivity contribution >= 4 is 35.0 Å². The van der Waals surface area contributed by atoms with E-state index in [0.29, 0.717) is 5.75 Å². The summed E-state index contributed by atoms with van der Waals surface area (Å²) in [6.07, 6.45) is 0. The lowest BCUT2D eigenvalue weighted by molar-refractivity contribution is -0.115. The summed E-state index contributed by atoms with van der Waals surface area (Å²) in [5.41, 5.74) is 0. The molecule has 1 aromatic carbocycles. The van der Waals surface area contributed by atoms with Crippen molar-refractivity contribution in [1.29, 1.82) is 0 Å². The Kier molecular flexibility index (Phi) is 4.40. The van der Waals surface area contributed by atoms with Crippen LogP contribution in [0.15, 0.2) is 40.2 Å². The Balaban J connectivity index is 2.44. The molecule has 2 nitrogen and oxygen atoms in total. The highest BCUT2D eigenvalue weighted by molar-refractivity contribution is 8.00. The molecule has 0 spiro atoms. The predicted octanol–water partition coefficient (Wildman–Crippen LogP) is 2.41. The maximum absolute atomic E-state index is 10.9. The van der Waals surface area contributed by atoms with Crippen LogP contribution in [0, 0.1) is 0 Å². The first kappa shape index (κ1) is 10.1. The molecular weight excluding hydrogens is 202 g/mol. The topological polar surface area (TPSA) is 29.4 Å². The Labute approximate surface area is 86.1 Å². The molecule has 0 radical (unpaired) electrons. The maximum Gasteiger partial charge on any atom is 0.264 e. The number of rotatable bonds is 3. The predicted molar refractivity (Wildman–Crippen MR) is 57.2 cm³/mol. The highest BCUT2D eigenvalue weighted by atomic mass is 32.2. The van der Waals surface area contributed by atoms with E-state index in [1.165, 1.54) is 11.8 Å². The molecule has 1 amide bonds. The van der Waals surface area contributed by atoms with Gasteiger partial charge in [0.25, 0.3) is 5.91 Å². The molecular formula is C9H7NOS2. The zero-order chi connectivity index (χ0) is 9.52. The van der Waals surface area contributed by atoms with Crippen LogP contribution in [0.4, 0.5) is 0 Å². The minimum Gasteiger partial charge on any atom is -0.271 e. The summed E-state index contributed by atoms with van der Waals surface area (Å²) in [6.45, 7) is 0. The van der Waals surface area contributed by atoms with Crippen LogP contribution in [0.3, 0.4) is 0 Å². The Hall–Kier alpha value is -0.960. The van der Waals surface area contributed by atoms with Crippen molar-refractivity contribution in [3.8, 4) is 0 Å². The van der Waals surface area contributed by atoms with Crippen LogP contribution in [0.2, 0.25) is 0 Å². The number of hydrogen-bond donors (Lipinski definition) is 0. The van der Waals surface area contributed by atoms with Crippen molar-refractivity contribution in [1.82, 2.24) is 0 Å². The SMILES string of the molecule is O=C(CSc1ccccc1)N=C=S. The fourth-order valence-corrected chi connectivity index (χ4v) is 1.55. The molecule has 0 bridgehead atoms. The van der Waals surface area contributed by atoms with Crippen LogP contribution in [-0.4, -0.2) is 16.8 Å². The summed E-state index contributed by atoms with van der Waals surface area (Å²) < 4.78 is 0. The van der Waals surface area contributed by atoms with Gasteiger partial charge in [-0.3, -0.25) is 4.79 Å². The number of carbonyl (C=O) groups is 1. The van der Waals surface area contributed by atoms with Gasteiger partial charge < -0.3 is 0 Å². The van der Waals surface area contributed by atoms with Gasteiger partial charge in [0.2, 0.25) is 0 Å². The van der Waals surface area contributed by atoms with Gasteiger partial charge in [0.05, 0.1) is 10.9 Å². The smallest absolute Gasteiger partial charge is 0.264 e.